The molecular formula is C14H10N2O2. The summed E-state index contributed by atoms with van der Waals surface area (Å²) in [6, 6.07) is 16.5. The van der Waals surface area contributed by atoms with Crippen LogP contribution in [-0.4, -0.2) is 11.1 Å². The van der Waals surface area contributed by atoms with E-state index in [1.165, 1.54) is 0 Å². The van der Waals surface area contributed by atoms with Crippen LogP contribution >= 0.6 is 0 Å². The molecule has 0 aliphatic rings. The van der Waals surface area contributed by atoms with E-state index in [0.29, 0.717) is 10.9 Å². The number of nitrogens with zero attached hydrogens (tertiary/aromatic N) is 1. The van der Waals surface area contributed by atoms with Gasteiger partial charge in [-0.15, -0.1) is 0 Å². The summed E-state index contributed by atoms with van der Waals surface area (Å²) in [5.74, 6) is -0.0654. The maximum Gasteiger partial charge on any atom is 0.294 e. The second kappa shape index (κ2) is 4.33. The molecule has 3 aromatic rings. The summed E-state index contributed by atoms with van der Waals surface area (Å²) < 4.78 is 5.09. The molecule has 0 atom stereocenters. The molecule has 0 saturated heterocycles. The van der Waals surface area contributed by atoms with E-state index in [1.54, 1.807) is 6.07 Å². The van der Waals surface area contributed by atoms with Gasteiger partial charge in [0.2, 0.25) is 5.76 Å². The van der Waals surface area contributed by atoms with Crippen molar-refractivity contribution < 1.29 is 9.32 Å². The standard InChI is InChI=1S/C14H10N2O2/c17-14(15-10-6-2-1-3-7-10)13-11-8-4-5-9-12(11)16-18-13/h1-9H,(H,15,17). The number of benzene rings is 2. The Morgan fingerprint density at radius 2 is 1.72 bits per heavy atom. The molecule has 4 heteroatoms. The van der Waals surface area contributed by atoms with Gasteiger partial charge in [-0.1, -0.05) is 35.5 Å². The van der Waals surface area contributed by atoms with E-state index >= 15 is 0 Å². The number of para-hydroxylation sites is 1. The van der Waals surface area contributed by atoms with Crippen LogP contribution in [0.5, 0.6) is 0 Å². The van der Waals surface area contributed by atoms with Gasteiger partial charge in [0.05, 0.1) is 5.39 Å². The minimum absolute atomic E-state index is 0.231. The van der Waals surface area contributed by atoms with Crippen LogP contribution in [0.3, 0.4) is 0 Å². The Kier molecular flexibility index (Phi) is 2.53. The van der Waals surface area contributed by atoms with Crippen molar-refractivity contribution in [2.24, 2.45) is 0 Å². The van der Waals surface area contributed by atoms with Gasteiger partial charge in [0.15, 0.2) is 0 Å². The molecule has 0 saturated carbocycles. The summed E-state index contributed by atoms with van der Waals surface area (Å²) in [5, 5.41) is 7.32. The lowest BCUT2D eigenvalue weighted by Crippen LogP contribution is -2.11. The normalized spacial score (nSPS) is 10.4. The number of hydrogen-bond acceptors (Lipinski definition) is 3. The molecule has 4 nitrogen and oxygen atoms in total. The lowest BCUT2D eigenvalue weighted by atomic mass is 10.2. The van der Waals surface area contributed by atoms with Gasteiger partial charge < -0.3 is 9.84 Å². The fourth-order valence-corrected chi connectivity index (χ4v) is 1.76. The second-order valence-electron chi connectivity index (χ2n) is 3.85. The lowest BCUT2D eigenvalue weighted by Gasteiger charge is -2.01. The number of hydrogen-bond donors (Lipinski definition) is 1. The van der Waals surface area contributed by atoms with Crippen LogP contribution < -0.4 is 5.32 Å². The molecule has 0 unspecified atom stereocenters. The third kappa shape index (κ3) is 1.84. The van der Waals surface area contributed by atoms with Crippen LogP contribution in [0.2, 0.25) is 0 Å². The number of fused-ring (bicyclic) bond motifs is 1. The number of anilines is 1. The Balaban J connectivity index is 1.93. The van der Waals surface area contributed by atoms with Crippen molar-refractivity contribution in [3.63, 3.8) is 0 Å². The van der Waals surface area contributed by atoms with Crippen molar-refractivity contribution in [2.75, 3.05) is 5.32 Å². The number of nitrogens with one attached hydrogen (secondary N) is 1. The number of amides is 1. The first-order valence-electron chi connectivity index (χ1n) is 5.55. The maximum atomic E-state index is 12.0. The van der Waals surface area contributed by atoms with Crippen molar-refractivity contribution in [1.82, 2.24) is 5.16 Å². The number of rotatable bonds is 2. The Morgan fingerprint density at radius 1 is 1.00 bits per heavy atom. The molecule has 1 amide bonds. The van der Waals surface area contributed by atoms with Crippen LogP contribution in [-0.2, 0) is 0 Å². The van der Waals surface area contributed by atoms with Crippen LogP contribution in [0.15, 0.2) is 59.1 Å². The van der Waals surface area contributed by atoms with Crippen LogP contribution in [0.25, 0.3) is 10.9 Å². The van der Waals surface area contributed by atoms with Crippen molar-refractivity contribution in [3.8, 4) is 0 Å². The summed E-state index contributed by atoms with van der Waals surface area (Å²) in [4.78, 5) is 12.0. The van der Waals surface area contributed by atoms with E-state index in [1.807, 2.05) is 48.5 Å². The highest BCUT2D eigenvalue weighted by Gasteiger charge is 2.15. The summed E-state index contributed by atoms with van der Waals surface area (Å²) >= 11 is 0. The van der Waals surface area contributed by atoms with Crippen molar-refractivity contribution >= 4 is 22.5 Å². The Bertz CT molecular complexity index is 689. The topological polar surface area (TPSA) is 55.1 Å². The SMILES string of the molecule is O=C(Nc1ccccc1)c1onc2ccccc12. The fraction of sp³-hybridized carbons (Fsp3) is 0. The first-order valence-corrected chi connectivity index (χ1v) is 5.55. The quantitative estimate of drug-likeness (QED) is 0.746. The van der Waals surface area contributed by atoms with Gasteiger partial charge >= 0.3 is 0 Å². The molecule has 0 radical (unpaired) electrons. The summed E-state index contributed by atoms with van der Waals surface area (Å²) in [6.45, 7) is 0. The predicted octanol–water partition coefficient (Wildman–Crippen LogP) is 3.08. The molecule has 0 bridgehead atoms. The van der Waals surface area contributed by atoms with Gasteiger partial charge in [0, 0.05) is 5.69 Å². The molecule has 18 heavy (non-hydrogen) atoms. The van der Waals surface area contributed by atoms with Crippen molar-refractivity contribution in [2.45, 2.75) is 0 Å². The number of carbonyl (C=O) groups is 1. The fourth-order valence-electron chi connectivity index (χ4n) is 1.76. The maximum absolute atomic E-state index is 12.0. The van der Waals surface area contributed by atoms with Crippen LogP contribution in [0, 0.1) is 0 Å². The van der Waals surface area contributed by atoms with E-state index in [2.05, 4.69) is 10.5 Å². The largest absolute Gasteiger partial charge is 0.350 e. The molecule has 1 N–H and O–H groups in total. The molecule has 2 aromatic carbocycles. The monoisotopic (exact) mass is 238 g/mol. The minimum atomic E-state index is -0.296. The molecule has 3 rings (SSSR count). The first kappa shape index (κ1) is 10.5. The average molecular weight is 238 g/mol. The predicted molar refractivity (Wildman–Crippen MR) is 68.4 cm³/mol. The van der Waals surface area contributed by atoms with Gasteiger partial charge in [-0.2, -0.15) is 0 Å². The molecular weight excluding hydrogens is 228 g/mol. The lowest BCUT2D eigenvalue weighted by molar-refractivity contribution is 0.0990. The Labute approximate surface area is 103 Å². The van der Waals surface area contributed by atoms with E-state index in [4.69, 9.17) is 4.52 Å². The van der Waals surface area contributed by atoms with Crippen molar-refractivity contribution in [1.29, 1.82) is 0 Å². The number of aromatic nitrogens is 1. The highest BCUT2D eigenvalue weighted by molar-refractivity contribution is 6.10. The summed E-state index contributed by atoms with van der Waals surface area (Å²) in [5.41, 5.74) is 1.40. The number of carbonyl (C=O) groups excluding carboxylic acids is 1. The van der Waals surface area contributed by atoms with Crippen LogP contribution in [0.4, 0.5) is 5.69 Å². The zero-order valence-electron chi connectivity index (χ0n) is 9.46. The third-order valence-electron chi connectivity index (χ3n) is 2.62. The zero-order valence-corrected chi connectivity index (χ0v) is 9.46. The van der Waals surface area contributed by atoms with Gasteiger partial charge in [-0.25, -0.2) is 0 Å². The van der Waals surface area contributed by atoms with E-state index < -0.39 is 0 Å². The Hall–Kier alpha value is -2.62. The van der Waals surface area contributed by atoms with Gasteiger partial charge in [0.1, 0.15) is 5.52 Å². The summed E-state index contributed by atoms with van der Waals surface area (Å²) in [7, 11) is 0. The molecule has 0 aliphatic heterocycles. The summed E-state index contributed by atoms with van der Waals surface area (Å²) in [6.07, 6.45) is 0. The van der Waals surface area contributed by atoms with E-state index in [-0.39, 0.29) is 11.7 Å². The molecule has 1 aromatic heterocycles. The zero-order chi connectivity index (χ0) is 12.4. The highest BCUT2D eigenvalue weighted by atomic mass is 16.5. The van der Waals surface area contributed by atoms with Gasteiger partial charge in [0.25, 0.3) is 5.91 Å². The first-order chi connectivity index (χ1) is 8.84. The van der Waals surface area contributed by atoms with Gasteiger partial charge in [-0.05, 0) is 24.3 Å². The smallest absolute Gasteiger partial charge is 0.294 e. The van der Waals surface area contributed by atoms with Crippen LogP contribution in [0.1, 0.15) is 10.6 Å². The van der Waals surface area contributed by atoms with Gasteiger partial charge in [-0.3, -0.25) is 4.79 Å². The molecule has 0 aliphatic carbocycles. The second-order valence-corrected chi connectivity index (χ2v) is 3.85. The van der Waals surface area contributed by atoms with Crippen molar-refractivity contribution in [3.05, 3.63) is 60.4 Å². The molecule has 1 heterocycles. The third-order valence-corrected chi connectivity index (χ3v) is 2.62. The molecule has 88 valence electrons. The van der Waals surface area contributed by atoms with E-state index in [0.717, 1.165) is 5.69 Å². The van der Waals surface area contributed by atoms with E-state index in [9.17, 15) is 4.79 Å². The minimum Gasteiger partial charge on any atom is -0.350 e. The Morgan fingerprint density at radius 3 is 2.56 bits per heavy atom. The molecule has 0 fully saturated rings. The molecule has 0 spiro atoms. The average Bonchev–Trinajstić information content (AvgIpc) is 2.84. The highest BCUT2D eigenvalue weighted by Crippen LogP contribution is 2.19.